The van der Waals surface area contributed by atoms with Gasteiger partial charge in [0.25, 0.3) is 5.91 Å². The first kappa shape index (κ1) is 12.6. The number of furan rings is 1. The lowest BCUT2D eigenvalue weighted by Crippen LogP contribution is -2.44. The fraction of sp³-hybridized carbons (Fsp3) is 0.500. The van der Waals surface area contributed by atoms with Gasteiger partial charge < -0.3 is 19.9 Å². The van der Waals surface area contributed by atoms with Gasteiger partial charge in [0, 0.05) is 6.07 Å². The number of carbonyl (C=O) groups excluding carboxylic acids is 1. The van der Waals surface area contributed by atoms with Gasteiger partial charge in [-0.1, -0.05) is 12.8 Å². The second-order valence-corrected chi connectivity index (χ2v) is 4.44. The Morgan fingerprint density at radius 1 is 1.33 bits per heavy atom. The van der Waals surface area contributed by atoms with E-state index in [-0.39, 0.29) is 17.4 Å². The summed E-state index contributed by atoms with van der Waals surface area (Å²) in [5, 5.41) is 21.1. The Labute approximate surface area is 104 Å². The molecule has 1 aromatic heterocycles. The molecule has 1 amide bonds. The summed E-state index contributed by atoms with van der Waals surface area (Å²) in [4.78, 5) is 22.4. The van der Waals surface area contributed by atoms with E-state index in [1.165, 1.54) is 6.07 Å². The fourth-order valence-corrected chi connectivity index (χ4v) is 2.09. The van der Waals surface area contributed by atoms with Gasteiger partial charge in [0.15, 0.2) is 5.76 Å². The first-order chi connectivity index (χ1) is 8.58. The average molecular weight is 253 g/mol. The number of carboxylic acid groups (broad SMARTS) is 1. The molecule has 1 saturated carbocycles. The number of carbonyl (C=O) groups is 2. The smallest absolute Gasteiger partial charge is 0.338 e. The Morgan fingerprint density at radius 2 is 2.06 bits per heavy atom. The third-order valence-electron chi connectivity index (χ3n) is 3.12. The summed E-state index contributed by atoms with van der Waals surface area (Å²) in [5.74, 6) is -1.69. The number of aliphatic hydroxyl groups excluding tert-OH is 1. The van der Waals surface area contributed by atoms with Crippen LogP contribution < -0.4 is 5.32 Å². The normalized spacial score (nSPS) is 23.6. The molecule has 1 fully saturated rings. The quantitative estimate of drug-likeness (QED) is 0.746. The van der Waals surface area contributed by atoms with Crippen molar-refractivity contribution < 1.29 is 24.2 Å². The number of aromatic carboxylic acids is 1. The van der Waals surface area contributed by atoms with Crippen LogP contribution in [0.15, 0.2) is 16.7 Å². The zero-order valence-corrected chi connectivity index (χ0v) is 9.76. The Morgan fingerprint density at radius 3 is 2.67 bits per heavy atom. The maximum Gasteiger partial charge on any atom is 0.338 e. The number of amides is 1. The van der Waals surface area contributed by atoms with Crippen LogP contribution in [-0.2, 0) is 0 Å². The predicted octanol–water partition coefficient (Wildman–Crippen LogP) is 1.01. The lowest BCUT2D eigenvalue weighted by atomic mass is 9.92. The second-order valence-electron chi connectivity index (χ2n) is 4.44. The van der Waals surface area contributed by atoms with Gasteiger partial charge in [0.1, 0.15) is 6.26 Å². The van der Waals surface area contributed by atoms with Crippen LogP contribution in [0, 0.1) is 0 Å². The van der Waals surface area contributed by atoms with Crippen molar-refractivity contribution in [3.05, 3.63) is 23.7 Å². The molecule has 6 nitrogen and oxygen atoms in total. The van der Waals surface area contributed by atoms with Gasteiger partial charge in [-0.3, -0.25) is 4.79 Å². The van der Waals surface area contributed by atoms with Gasteiger partial charge in [-0.25, -0.2) is 4.79 Å². The minimum Gasteiger partial charge on any atom is -0.478 e. The van der Waals surface area contributed by atoms with Crippen molar-refractivity contribution in [2.75, 3.05) is 0 Å². The maximum absolute atomic E-state index is 11.8. The van der Waals surface area contributed by atoms with Crippen LogP contribution in [-0.4, -0.2) is 34.2 Å². The summed E-state index contributed by atoms with van der Waals surface area (Å²) in [7, 11) is 0. The summed E-state index contributed by atoms with van der Waals surface area (Å²) < 4.78 is 4.89. The van der Waals surface area contributed by atoms with Crippen LogP contribution in [0.2, 0.25) is 0 Å². The first-order valence-electron chi connectivity index (χ1n) is 5.88. The molecule has 98 valence electrons. The van der Waals surface area contributed by atoms with Crippen molar-refractivity contribution in [1.82, 2.24) is 5.32 Å². The molecule has 0 aromatic carbocycles. The number of nitrogens with one attached hydrogen (secondary N) is 1. The van der Waals surface area contributed by atoms with E-state index in [0.29, 0.717) is 6.42 Å². The Balaban J connectivity index is 2.00. The molecular weight excluding hydrogens is 238 g/mol. The van der Waals surface area contributed by atoms with Crippen molar-refractivity contribution in [2.24, 2.45) is 0 Å². The molecule has 2 atom stereocenters. The van der Waals surface area contributed by atoms with Crippen LogP contribution in [0.3, 0.4) is 0 Å². The number of hydrogen-bond donors (Lipinski definition) is 3. The molecule has 2 unspecified atom stereocenters. The molecule has 1 aromatic rings. The lowest BCUT2D eigenvalue weighted by molar-refractivity contribution is 0.0693. The molecule has 0 radical (unpaired) electrons. The zero-order chi connectivity index (χ0) is 13.1. The van der Waals surface area contributed by atoms with Crippen molar-refractivity contribution in [1.29, 1.82) is 0 Å². The van der Waals surface area contributed by atoms with E-state index in [0.717, 1.165) is 25.5 Å². The van der Waals surface area contributed by atoms with Crippen molar-refractivity contribution in [2.45, 2.75) is 37.8 Å². The summed E-state index contributed by atoms with van der Waals surface area (Å²) >= 11 is 0. The van der Waals surface area contributed by atoms with Crippen LogP contribution in [0.1, 0.15) is 46.6 Å². The van der Waals surface area contributed by atoms with Crippen LogP contribution in [0.25, 0.3) is 0 Å². The highest BCUT2D eigenvalue weighted by atomic mass is 16.4. The van der Waals surface area contributed by atoms with Gasteiger partial charge in [-0.15, -0.1) is 0 Å². The summed E-state index contributed by atoms with van der Waals surface area (Å²) in [5.41, 5.74) is -0.0654. The van der Waals surface area contributed by atoms with Gasteiger partial charge in [-0.2, -0.15) is 0 Å². The first-order valence-corrected chi connectivity index (χ1v) is 5.88. The zero-order valence-electron chi connectivity index (χ0n) is 9.76. The maximum atomic E-state index is 11.8. The highest BCUT2D eigenvalue weighted by molar-refractivity contribution is 5.95. The molecule has 1 aliphatic carbocycles. The van der Waals surface area contributed by atoms with E-state index >= 15 is 0 Å². The van der Waals surface area contributed by atoms with Crippen LogP contribution in [0.4, 0.5) is 0 Å². The van der Waals surface area contributed by atoms with E-state index in [9.17, 15) is 14.7 Å². The monoisotopic (exact) mass is 253 g/mol. The molecule has 6 heteroatoms. The molecule has 18 heavy (non-hydrogen) atoms. The molecule has 0 bridgehead atoms. The number of rotatable bonds is 3. The largest absolute Gasteiger partial charge is 0.478 e. The number of carboxylic acids is 1. The molecule has 0 aliphatic heterocycles. The van der Waals surface area contributed by atoms with E-state index in [1.807, 2.05) is 0 Å². The summed E-state index contributed by atoms with van der Waals surface area (Å²) in [6.07, 6.45) is 3.78. The Kier molecular flexibility index (Phi) is 3.66. The van der Waals surface area contributed by atoms with E-state index < -0.39 is 18.0 Å². The SMILES string of the molecule is O=C(O)c1coc(C(=O)NC2CCCCC2O)c1. The minimum atomic E-state index is -1.14. The Hall–Kier alpha value is -1.82. The van der Waals surface area contributed by atoms with Crippen LogP contribution >= 0.6 is 0 Å². The van der Waals surface area contributed by atoms with Gasteiger partial charge in [0.2, 0.25) is 0 Å². The average Bonchev–Trinajstić information content (AvgIpc) is 2.81. The minimum absolute atomic E-state index is 0.0508. The van der Waals surface area contributed by atoms with Gasteiger partial charge >= 0.3 is 5.97 Å². The summed E-state index contributed by atoms with van der Waals surface area (Å²) in [6.45, 7) is 0. The van der Waals surface area contributed by atoms with E-state index in [2.05, 4.69) is 5.32 Å². The molecule has 0 saturated heterocycles. The topological polar surface area (TPSA) is 99.8 Å². The van der Waals surface area contributed by atoms with Crippen LogP contribution in [0.5, 0.6) is 0 Å². The molecule has 3 N–H and O–H groups in total. The summed E-state index contributed by atoms with van der Waals surface area (Å²) in [6, 6.07) is 0.886. The lowest BCUT2D eigenvalue weighted by Gasteiger charge is -2.27. The Bertz CT molecular complexity index is 453. The number of aliphatic hydroxyl groups is 1. The molecular formula is C12H15NO5. The van der Waals surface area contributed by atoms with E-state index in [1.54, 1.807) is 0 Å². The standard InChI is InChI=1S/C12H15NO5/c14-9-4-2-1-3-8(9)13-11(15)10-5-7(6-18-10)12(16)17/h5-6,8-9,14H,1-4H2,(H,13,15)(H,16,17). The predicted molar refractivity (Wildman–Crippen MR) is 61.4 cm³/mol. The van der Waals surface area contributed by atoms with Gasteiger partial charge in [-0.05, 0) is 12.8 Å². The van der Waals surface area contributed by atoms with E-state index in [4.69, 9.17) is 9.52 Å². The van der Waals surface area contributed by atoms with Crippen molar-refractivity contribution >= 4 is 11.9 Å². The molecule has 1 heterocycles. The third kappa shape index (κ3) is 2.70. The van der Waals surface area contributed by atoms with Gasteiger partial charge in [0.05, 0.1) is 17.7 Å². The second kappa shape index (κ2) is 5.22. The molecule has 0 spiro atoms. The van der Waals surface area contributed by atoms with Crippen molar-refractivity contribution in [3.63, 3.8) is 0 Å². The van der Waals surface area contributed by atoms with Crippen molar-refractivity contribution in [3.8, 4) is 0 Å². The fourth-order valence-electron chi connectivity index (χ4n) is 2.09. The highest BCUT2D eigenvalue weighted by Crippen LogP contribution is 2.19. The molecule has 2 rings (SSSR count). The third-order valence-corrected chi connectivity index (χ3v) is 3.12. The molecule has 1 aliphatic rings. The number of hydrogen-bond acceptors (Lipinski definition) is 4. The highest BCUT2D eigenvalue weighted by Gasteiger charge is 2.26.